The third kappa shape index (κ3) is 4.43. The molecular formula is C25H27FN6O. The van der Waals surface area contributed by atoms with Crippen LogP contribution >= 0.6 is 0 Å². The van der Waals surface area contributed by atoms with Crippen molar-refractivity contribution in [2.24, 2.45) is 5.92 Å². The number of likely N-dealkylation sites (tertiary alicyclic amines) is 1. The van der Waals surface area contributed by atoms with Crippen LogP contribution < -0.4 is 5.56 Å². The number of halogens is 1. The summed E-state index contributed by atoms with van der Waals surface area (Å²) in [6.45, 7) is 6.39. The second kappa shape index (κ2) is 8.86. The van der Waals surface area contributed by atoms with Crippen molar-refractivity contribution < 1.29 is 4.39 Å². The number of aryl methyl sites for hydroxylation is 1. The number of benzene rings is 2. The van der Waals surface area contributed by atoms with Crippen molar-refractivity contribution >= 4 is 10.9 Å². The smallest absolute Gasteiger partial charge is 0.253 e. The molecule has 3 heterocycles. The zero-order valence-electron chi connectivity index (χ0n) is 18.8. The second-order valence-corrected chi connectivity index (χ2v) is 9.11. The minimum Gasteiger partial charge on any atom is -0.322 e. The molecule has 0 amide bonds. The van der Waals surface area contributed by atoms with E-state index < -0.39 is 0 Å². The minimum atomic E-state index is -0.378. The molecule has 0 saturated carbocycles. The third-order valence-electron chi connectivity index (χ3n) is 6.43. The van der Waals surface area contributed by atoms with E-state index in [1.807, 2.05) is 25.1 Å². The molecule has 8 heteroatoms. The van der Waals surface area contributed by atoms with Gasteiger partial charge in [0.1, 0.15) is 11.9 Å². The SMILES string of the molecule is Cc1ccc2[nH]c(=O)c([C@@H](c3nnnn3Cc3ccc(F)cc3)N3CCC[C@H](C)C3)cc2c1. The largest absolute Gasteiger partial charge is 0.322 e. The lowest BCUT2D eigenvalue weighted by molar-refractivity contribution is 0.141. The number of nitrogens with zero attached hydrogens (tertiary/aromatic N) is 5. The number of pyridine rings is 1. The summed E-state index contributed by atoms with van der Waals surface area (Å²) in [5.74, 6) is 0.851. The predicted molar refractivity (Wildman–Crippen MR) is 124 cm³/mol. The number of piperidine rings is 1. The number of H-pyrrole nitrogens is 1. The molecule has 1 fully saturated rings. The zero-order chi connectivity index (χ0) is 22.9. The van der Waals surface area contributed by atoms with Crippen molar-refractivity contribution in [3.8, 4) is 0 Å². The number of hydrogen-bond donors (Lipinski definition) is 1. The molecule has 33 heavy (non-hydrogen) atoms. The van der Waals surface area contributed by atoms with Crippen LogP contribution in [0.2, 0.25) is 0 Å². The van der Waals surface area contributed by atoms with E-state index in [1.165, 1.54) is 12.1 Å². The number of rotatable bonds is 5. The normalized spacial score (nSPS) is 18.0. The van der Waals surface area contributed by atoms with Gasteiger partial charge in [0.2, 0.25) is 0 Å². The van der Waals surface area contributed by atoms with E-state index in [2.05, 4.69) is 38.4 Å². The number of nitrogens with one attached hydrogen (secondary N) is 1. The summed E-state index contributed by atoms with van der Waals surface area (Å²) < 4.78 is 15.1. The van der Waals surface area contributed by atoms with Gasteiger partial charge in [-0.3, -0.25) is 9.69 Å². The summed E-state index contributed by atoms with van der Waals surface area (Å²) in [6.07, 6.45) is 2.22. The van der Waals surface area contributed by atoms with Gasteiger partial charge >= 0.3 is 0 Å². The average molecular weight is 447 g/mol. The molecule has 1 aliphatic heterocycles. The van der Waals surface area contributed by atoms with Crippen molar-refractivity contribution in [1.29, 1.82) is 0 Å². The maximum atomic E-state index is 13.4. The highest BCUT2D eigenvalue weighted by molar-refractivity contribution is 5.79. The lowest BCUT2D eigenvalue weighted by atomic mass is 9.95. The Balaban J connectivity index is 1.62. The summed E-state index contributed by atoms with van der Waals surface area (Å²) in [5.41, 5.74) is 3.33. The highest BCUT2D eigenvalue weighted by Gasteiger charge is 2.32. The first-order valence-electron chi connectivity index (χ1n) is 11.4. The Hall–Kier alpha value is -3.39. The van der Waals surface area contributed by atoms with Crippen LogP contribution in [0.4, 0.5) is 4.39 Å². The molecule has 5 rings (SSSR count). The van der Waals surface area contributed by atoms with E-state index >= 15 is 0 Å². The van der Waals surface area contributed by atoms with Gasteiger partial charge in [0.15, 0.2) is 5.82 Å². The van der Waals surface area contributed by atoms with Crippen LogP contribution in [0.3, 0.4) is 0 Å². The standard InChI is InChI=1S/C25H27FN6O/c1-16-5-10-22-19(12-16)13-21(25(33)27-22)23(31-11-3-4-17(2)14-31)24-28-29-30-32(24)15-18-6-8-20(26)9-7-18/h5-10,12-13,17,23H,3-4,11,14-15H2,1-2H3,(H,27,33)/t17-,23-/m0/s1. The van der Waals surface area contributed by atoms with E-state index in [1.54, 1.807) is 16.8 Å². The molecule has 170 valence electrons. The van der Waals surface area contributed by atoms with E-state index in [9.17, 15) is 9.18 Å². The number of fused-ring (bicyclic) bond motifs is 1. The molecule has 7 nitrogen and oxygen atoms in total. The van der Waals surface area contributed by atoms with Crippen LogP contribution in [-0.4, -0.2) is 43.2 Å². The summed E-state index contributed by atoms with van der Waals surface area (Å²) in [7, 11) is 0. The van der Waals surface area contributed by atoms with Crippen LogP contribution in [0, 0.1) is 18.7 Å². The predicted octanol–water partition coefficient (Wildman–Crippen LogP) is 3.83. The molecule has 0 spiro atoms. The summed E-state index contributed by atoms with van der Waals surface area (Å²) in [6, 6.07) is 13.9. The molecule has 1 N–H and O–H groups in total. The molecule has 0 bridgehead atoms. The zero-order valence-corrected chi connectivity index (χ0v) is 18.8. The van der Waals surface area contributed by atoms with Crippen molar-refractivity contribution in [2.45, 2.75) is 39.3 Å². The number of aromatic nitrogens is 5. The lowest BCUT2D eigenvalue weighted by Gasteiger charge is -2.36. The summed E-state index contributed by atoms with van der Waals surface area (Å²) >= 11 is 0. The fourth-order valence-corrected chi connectivity index (χ4v) is 4.79. The molecule has 0 unspecified atom stereocenters. The van der Waals surface area contributed by atoms with Crippen molar-refractivity contribution in [2.75, 3.05) is 13.1 Å². The Bertz CT molecular complexity index is 1330. The van der Waals surface area contributed by atoms with Crippen LogP contribution in [0.1, 0.15) is 48.3 Å². The highest BCUT2D eigenvalue weighted by atomic mass is 19.1. The van der Waals surface area contributed by atoms with Crippen LogP contribution in [-0.2, 0) is 6.54 Å². The van der Waals surface area contributed by atoms with Crippen molar-refractivity contribution in [1.82, 2.24) is 30.1 Å². The summed E-state index contributed by atoms with van der Waals surface area (Å²) in [5, 5.41) is 13.5. The molecule has 2 aromatic carbocycles. The molecule has 2 aromatic heterocycles. The van der Waals surface area contributed by atoms with Gasteiger partial charge in [0.25, 0.3) is 5.56 Å². The van der Waals surface area contributed by atoms with Gasteiger partial charge < -0.3 is 4.98 Å². The first-order chi connectivity index (χ1) is 16.0. The van der Waals surface area contributed by atoms with Gasteiger partial charge in [-0.1, -0.05) is 30.7 Å². The molecule has 1 aliphatic rings. The quantitative estimate of drug-likeness (QED) is 0.504. The lowest BCUT2D eigenvalue weighted by Crippen LogP contribution is -2.41. The molecular weight excluding hydrogens is 419 g/mol. The maximum Gasteiger partial charge on any atom is 0.253 e. The van der Waals surface area contributed by atoms with E-state index in [0.717, 1.165) is 48.0 Å². The maximum absolute atomic E-state index is 13.4. The Morgan fingerprint density at radius 2 is 2.00 bits per heavy atom. The minimum absolute atomic E-state index is 0.133. The van der Waals surface area contributed by atoms with Gasteiger partial charge in [-0.05, 0) is 83.9 Å². The molecule has 4 aromatic rings. The first-order valence-corrected chi connectivity index (χ1v) is 11.4. The number of aromatic amines is 1. The fourth-order valence-electron chi connectivity index (χ4n) is 4.79. The summed E-state index contributed by atoms with van der Waals surface area (Å²) in [4.78, 5) is 18.6. The van der Waals surface area contributed by atoms with Gasteiger partial charge in [0, 0.05) is 17.6 Å². The monoisotopic (exact) mass is 446 g/mol. The Morgan fingerprint density at radius 3 is 2.79 bits per heavy atom. The highest BCUT2D eigenvalue weighted by Crippen LogP contribution is 2.31. The van der Waals surface area contributed by atoms with E-state index in [0.29, 0.717) is 23.9 Å². The second-order valence-electron chi connectivity index (χ2n) is 9.11. The van der Waals surface area contributed by atoms with E-state index in [-0.39, 0.29) is 17.4 Å². The van der Waals surface area contributed by atoms with E-state index in [4.69, 9.17) is 0 Å². The Kier molecular flexibility index (Phi) is 5.76. The molecule has 1 saturated heterocycles. The first kappa shape index (κ1) is 21.5. The van der Waals surface area contributed by atoms with Crippen molar-refractivity contribution in [3.63, 3.8) is 0 Å². The molecule has 2 atom stereocenters. The number of tetrazole rings is 1. The van der Waals surface area contributed by atoms with Crippen molar-refractivity contribution in [3.05, 3.63) is 87.2 Å². The van der Waals surface area contributed by atoms with Crippen LogP contribution in [0.15, 0.2) is 53.3 Å². The van der Waals surface area contributed by atoms with Gasteiger partial charge in [0.05, 0.1) is 6.54 Å². The van der Waals surface area contributed by atoms with Gasteiger partial charge in [-0.15, -0.1) is 5.10 Å². The topological polar surface area (TPSA) is 79.7 Å². The van der Waals surface area contributed by atoms with Gasteiger partial charge in [-0.25, -0.2) is 9.07 Å². The molecule has 0 aliphatic carbocycles. The molecule has 0 radical (unpaired) electrons. The van der Waals surface area contributed by atoms with Crippen LogP contribution in [0.5, 0.6) is 0 Å². The number of hydrogen-bond acceptors (Lipinski definition) is 5. The Labute approximate surface area is 191 Å². The third-order valence-corrected chi connectivity index (χ3v) is 6.43. The van der Waals surface area contributed by atoms with Crippen LogP contribution in [0.25, 0.3) is 10.9 Å². The Morgan fingerprint density at radius 1 is 1.18 bits per heavy atom. The fraction of sp³-hybridized carbons (Fsp3) is 0.360. The van der Waals surface area contributed by atoms with Gasteiger partial charge in [-0.2, -0.15) is 0 Å². The average Bonchev–Trinajstić information content (AvgIpc) is 3.24.